The Morgan fingerprint density at radius 1 is 1.25 bits per heavy atom. The van der Waals surface area contributed by atoms with E-state index in [9.17, 15) is 9.59 Å². The van der Waals surface area contributed by atoms with Crippen molar-refractivity contribution in [1.29, 1.82) is 0 Å². The van der Waals surface area contributed by atoms with Gasteiger partial charge in [0.2, 0.25) is 0 Å². The van der Waals surface area contributed by atoms with Crippen LogP contribution < -0.4 is 10.6 Å². The molecule has 0 heterocycles. The Morgan fingerprint density at radius 3 is 2.15 bits per heavy atom. The fourth-order valence-electron chi connectivity index (χ4n) is 1.35. The van der Waals surface area contributed by atoms with Crippen LogP contribution in [0.5, 0.6) is 0 Å². The van der Waals surface area contributed by atoms with Crippen LogP contribution in [-0.4, -0.2) is 22.6 Å². The van der Waals surface area contributed by atoms with E-state index in [4.69, 9.17) is 5.11 Å². The highest BCUT2D eigenvalue weighted by Crippen LogP contribution is 2.34. The van der Waals surface area contributed by atoms with Crippen molar-refractivity contribution in [2.75, 3.05) is 5.32 Å². The van der Waals surface area contributed by atoms with E-state index in [1.165, 1.54) is 6.92 Å². The molecule has 0 aliphatic carbocycles. The van der Waals surface area contributed by atoms with Gasteiger partial charge in [0.1, 0.15) is 5.54 Å². The lowest BCUT2D eigenvalue weighted by Crippen LogP contribution is -2.53. The number of amides is 2. The third kappa shape index (κ3) is 4.20. The van der Waals surface area contributed by atoms with E-state index in [0.29, 0.717) is 14.6 Å². The van der Waals surface area contributed by atoms with Crippen LogP contribution in [0.4, 0.5) is 10.5 Å². The van der Waals surface area contributed by atoms with Gasteiger partial charge in [0.25, 0.3) is 0 Å². The second-order valence-corrected chi connectivity index (χ2v) is 6.94. The van der Waals surface area contributed by atoms with Crippen LogP contribution in [0.25, 0.3) is 0 Å². The molecule has 0 radical (unpaired) electrons. The van der Waals surface area contributed by atoms with Gasteiger partial charge >= 0.3 is 12.0 Å². The van der Waals surface area contributed by atoms with Crippen molar-refractivity contribution in [3.63, 3.8) is 0 Å². The van der Waals surface area contributed by atoms with E-state index in [1.807, 2.05) is 0 Å². The van der Waals surface area contributed by atoms with Gasteiger partial charge in [-0.1, -0.05) is 22.9 Å². The van der Waals surface area contributed by atoms with Gasteiger partial charge in [0.15, 0.2) is 0 Å². The average Bonchev–Trinajstić information content (AvgIpc) is 2.33. The molecule has 0 aliphatic heterocycles. The van der Waals surface area contributed by atoms with Crippen molar-refractivity contribution < 1.29 is 14.7 Å². The number of carbonyl (C=O) groups is 2. The number of carboxylic acid groups (broad SMARTS) is 1. The maximum absolute atomic E-state index is 11.9. The predicted molar refractivity (Wildman–Crippen MR) is 88.0 cm³/mol. The first kappa shape index (κ1) is 17.5. The number of hydrogen-bond donors (Lipinski definition) is 3. The molecule has 8 heteroatoms. The first-order valence-electron chi connectivity index (χ1n) is 5.66. The molecular formula is C12H13Br3N2O3. The lowest BCUT2D eigenvalue weighted by molar-refractivity contribution is -0.143. The summed E-state index contributed by atoms with van der Waals surface area (Å²) in [5.74, 6) is -1.08. The van der Waals surface area contributed by atoms with E-state index >= 15 is 0 Å². The zero-order valence-corrected chi connectivity index (χ0v) is 15.5. The van der Waals surface area contributed by atoms with E-state index < -0.39 is 17.5 Å². The number of nitrogens with one attached hydrogen (secondary N) is 2. The Labute approximate surface area is 141 Å². The number of rotatable bonds is 4. The highest BCUT2D eigenvalue weighted by molar-refractivity contribution is 9.11. The topological polar surface area (TPSA) is 78.4 Å². The standard InChI is InChI=1S/C12H13Br3N2O3/c1-3-12(2,10(18)19)17-11(20)16-9-7(14)4-6(13)5-8(9)15/h4-5H,3H2,1-2H3,(H,18,19)(H2,16,17,20). The van der Waals surface area contributed by atoms with Crippen LogP contribution in [0.15, 0.2) is 25.6 Å². The number of benzene rings is 1. The molecule has 1 aromatic rings. The summed E-state index contributed by atoms with van der Waals surface area (Å²) in [6, 6.07) is 2.97. The maximum Gasteiger partial charge on any atom is 0.329 e. The molecular weight excluding hydrogens is 460 g/mol. The van der Waals surface area contributed by atoms with Gasteiger partial charge in [-0.3, -0.25) is 0 Å². The van der Waals surface area contributed by atoms with Crippen molar-refractivity contribution >= 4 is 65.5 Å². The number of halogens is 3. The lowest BCUT2D eigenvalue weighted by atomic mass is 10.00. The molecule has 3 N–H and O–H groups in total. The molecule has 0 spiro atoms. The first-order valence-corrected chi connectivity index (χ1v) is 8.04. The van der Waals surface area contributed by atoms with E-state index in [-0.39, 0.29) is 6.42 Å². The van der Waals surface area contributed by atoms with Crippen molar-refractivity contribution in [3.05, 3.63) is 25.6 Å². The second-order valence-electron chi connectivity index (χ2n) is 4.31. The molecule has 0 saturated carbocycles. The molecule has 1 unspecified atom stereocenters. The lowest BCUT2D eigenvalue weighted by Gasteiger charge is -2.25. The van der Waals surface area contributed by atoms with Gasteiger partial charge in [-0.05, 0) is 57.3 Å². The summed E-state index contributed by atoms with van der Waals surface area (Å²) in [7, 11) is 0. The van der Waals surface area contributed by atoms with Crippen molar-refractivity contribution in [2.45, 2.75) is 25.8 Å². The second kappa shape index (κ2) is 6.91. The molecule has 0 saturated heterocycles. The maximum atomic E-state index is 11.9. The number of hydrogen-bond acceptors (Lipinski definition) is 2. The SMILES string of the molecule is CCC(C)(NC(=O)Nc1c(Br)cc(Br)cc1Br)C(=O)O. The number of carbonyl (C=O) groups excluding carboxylic acids is 1. The largest absolute Gasteiger partial charge is 0.480 e. The Morgan fingerprint density at radius 2 is 1.75 bits per heavy atom. The molecule has 0 bridgehead atoms. The monoisotopic (exact) mass is 470 g/mol. The Bertz CT molecular complexity index is 528. The molecule has 1 atom stereocenters. The molecule has 20 heavy (non-hydrogen) atoms. The van der Waals surface area contributed by atoms with Crippen LogP contribution >= 0.6 is 47.8 Å². The van der Waals surface area contributed by atoms with Crippen molar-refractivity contribution in [2.24, 2.45) is 0 Å². The zero-order chi connectivity index (χ0) is 15.5. The highest BCUT2D eigenvalue weighted by Gasteiger charge is 2.33. The van der Waals surface area contributed by atoms with Gasteiger partial charge in [-0.2, -0.15) is 0 Å². The van der Waals surface area contributed by atoms with Gasteiger partial charge in [0.05, 0.1) is 5.69 Å². The van der Waals surface area contributed by atoms with Gasteiger partial charge in [-0.25, -0.2) is 9.59 Å². The van der Waals surface area contributed by atoms with Gasteiger partial charge < -0.3 is 15.7 Å². The summed E-state index contributed by atoms with van der Waals surface area (Å²) < 4.78 is 2.18. The quantitative estimate of drug-likeness (QED) is 0.609. The highest BCUT2D eigenvalue weighted by atomic mass is 79.9. The Balaban J connectivity index is 2.90. The van der Waals surface area contributed by atoms with E-state index in [1.54, 1.807) is 19.1 Å². The Hall–Kier alpha value is -0.600. The molecule has 1 aromatic carbocycles. The molecule has 1 rings (SSSR count). The average molecular weight is 473 g/mol. The van der Waals surface area contributed by atoms with Crippen LogP contribution in [0, 0.1) is 0 Å². The molecule has 0 aliphatic rings. The number of anilines is 1. The minimum atomic E-state index is -1.31. The first-order chi connectivity index (χ1) is 9.19. The Kier molecular flexibility index (Phi) is 6.03. The van der Waals surface area contributed by atoms with Gasteiger partial charge in [0, 0.05) is 13.4 Å². The predicted octanol–water partition coefficient (Wildman–Crippen LogP) is 4.35. The fraction of sp³-hybridized carbons (Fsp3) is 0.333. The van der Waals surface area contributed by atoms with E-state index in [2.05, 4.69) is 58.4 Å². The van der Waals surface area contributed by atoms with Crippen molar-refractivity contribution in [3.8, 4) is 0 Å². The number of urea groups is 1. The summed E-state index contributed by atoms with van der Waals surface area (Å²) >= 11 is 9.99. The third-order valence-corrected chi connectivity index (χ3v) is 4.52. The summed E-state index contributed by atoms with van der Waals surface area (Å²) in [4.78, 5) is 23.1. The minimum Gasteiger partial charge on any atom is -0.480 e. The van der Waals surface area contributed by atoms with Crippen LogP contribution in [0.1, 0.15) is 20.3 Å². The summed E-state index contributed by atoms with van der Waals surface area (Å²) in [5.41, 5.74) is -0.784. The number of aliphatic carboxylic acids is 1. The fourth-order valence-corrected chi connectivity index (χ4v) is 3.81. The zero-order valence-electron chi connectivity index (χ0n) is 10.8. The summed E-state index contributed by atoms with van der Waals surface area (Å²) in [6.07, 6.45) is 0.276. The smallest absolute Gasteiger partial charge is 0.329 e. The molecule has 5 nitrogen and oxygen atoms in total. The van der Waals surface area contributed by atoms with Crippen LogP contribution in [-0.2, 0) is 4.79 Å². The molecule has 0 fully saturated rings. The normalized spacial score (nSPS) is 13.4. The summed E-state index contributed by atoms with van der Waals surface area (Å²) in [6.45, 7) is 3.15. The van der Waals surface area contributed by atoms with Gasteiger partial charge in [-0.15, -0.1) is 0 Å². The summed E-state index contributed by atoms with van der Waals surface area (Å²) in [5, 5.41) is 14.2. The minimum absolute atomic E-state index is 0.276. The number of carboxylic acids is 1. The third-order valence-electron chi connectivity index (χ3n) is 2.81. The van der Waals surface area contributed by atoms with Crippen molar-refractivity contribution in [1.82, 2.24) is 5.32 Å². The van der Waals surface area contributed by atoms with Crippen LogP contribution in [0.3, 0.4) is 0 Å². The van der Waals surface area contributed by atoms with Crippen LogP contribution in [0.2, 0.25) is 0 Å². The molecule has 0 aromatic heterocycles. The van der Waals surface area contributed by atoms with E-state index in [0.717, 1.165) is 4.47 Å². The molecule has 110 valence electrons. The molecule has 2 amide bonds.